The molecule has 29 heavy (non-hydrogen) atoms. The molecule has 0 spiro atoms. The van der Waals surface area contributed by atoms with Gasteiger partial charge < -0.3 is 14.5 Å². The van der Waals surface area contributed by atoms with Crippen molar-refractivity contribution in [1.29, 1.82) is 0 Å². The average Bonchev–Trinajstić information content (AvgIpc) is 3.39. The molecule has 0 aromatic carbocycles. The van der Waals surface area contributed by atoms with E-state index in [9.17, 15) is 0 Å². The Labute approximate surface area is 181 Å². The van der Waals surface area contributed by atoms with Crippen LogP contribution < -0.4 is 4.90 Å². The Morgan fingerprint density at radius 3 is 2.52 bits per heavy atom. The molecule has 0 unspecified atom stereocenters. The van der Waals surface area contributed by atoms with Gasteiger partial charge in [-0.15, -0.1) is 11.3 Å². The van der Waals surface area contributed by atoms with Crippen molar-refractivity contribution in [2.24, 2.45) is 5.92 Å². The predicted octanol–water partition coefficient (Wildman–Crippen LogP) is 3.49. The number of anilines is 1. The molecule has 0 aliphatic carbocycles. The van der Waals surface area contributed by atoms with Crippen molar-refractivity contribution in [2.45, 2.75) is 32.2 Å². The van der Waals surface area contributed by atoms with Crippen molar-refractivity contribution >= 4 is 39.0 Å². The molecule has 0 amide bonds. The molecule has 3 aliphatic heterocycles. The number of piperidine rings is 1. The number of nitrogens with zero attached hydrogens (tertiary/aromatic N) is 5. The third kappa shape index (κ3) is 4.69. The van der Waals surface area contributed by atoms with Crippen molar-refractivity contribution < 1.29 is 4.74 Å². The maximum atomic E-state index is 6.24. The molecular weight excluding hydrogens is 406 g/mol. The largest absolute Gasteiger partial charge is 0.378 e. The van der Waals surface area contributed by atoms with Crippen LogP contribution >= 0.6 is 22.9 Å². The highest BCUT2D eigenvalue weighted by Gasteiger charge is 2.24. The van der Waals surface area contributed by atoms with Crippen LogP contribution in [0.2, 0.25) is 5.28 Å². The second kappa shape index (κ2) is 9.02. The van der Waals surface area contributed by atoms with Crippen LogP contribution in [0.5, 0.6) is 0 Å². The number of rotatable bonds is 5. The molecule has 0 radical (unpaired) electrons. The number of fused-ring (bicyclic) bond motifs is 1. The van der Waals surface area contributed by atoms with Gasteiger partial charge in [0.05, 0.1) is 23.4 Å². The molecule has 0 bridgehead atoms. The number of hydrogen-bond acceptors (Lipinski definition) is 7. The highest BCUT2D eigenvalue weighted by Crippen LogP contribution is 2.34. The number of ether oxygens (including phenoxy) is 1. The molecule has 5 heterocycles. The average molecular weight is 436 g/mol. The summed E-state index contributed by atoms with van der Waals surface area (Å²) in [5.41, 5.74) is 0.982. The Hall–Kier alpha value is -0.990. The van der Waals surface area contributed by atoms with E-state index in [1.807, 2.05) is 11.3 Å². The van der Waals surface area contributed by atoms with Crippen LogP contribution in [0.1, 0.15) is 30.6 Å². The fourth-order valence-corrected chi connectivity index (χ4v) is 6.21. The van der Waals surface area contributed by atoms with Crippen LogP contribution in [0.4, 0.5) is 5.82 Å². The number of halogens is 1. The minimum Gasteiger partial charge on any atom is -0.378 e. The van der Waals surface area contributed by atoms with Crippen LogP contribution in [-0.2, 0) is 11.3 Å². The maximum Gasteiger partial charge on any atom is 0.224 e. The van der Waals surface area contributed by atoms with Crippen LogP contribution in [0.15, 0.2) is 6.07 Å². The lowest BCUT2D eigenvalue weighted by Crippen LogP contribution is -2.37. The van der Waals surface area contributed by atoms with Gasteiger partial charge in [0.1, 0.15) is 0 Å². The lowest BCUT2D eigenvalue weighted by Gasteiger charge is -2.33. The van der Waals surface area contributed by atoms with Gasteiger partial charge in [0, 0.05) is 31.1 Å². The summed E-state index contributed by atoms with van der Waals surface area (Å²) in [6.45, 7) is 10.6. The van der Waals surface area contributed by atoms with Crippen LogP contribution in [0, 0.1) is 5.92 Å². The second-order valence-corrected chi connectivity index (χ2v) is 10.0. The van der Waals surface area contributed by atoms with Gasteiger partial charge in [-0.25, -0.2) is 4.98 Å². The lowest BCUT2D eigenvalue weighted by atomic mass is 9.96. The van der Waals surface area contributed by atoms with Crippen molar-refractivity contribution in [1.82, 2.24) is 19.8 Å². The van der Waals surface area contributed by atoms with Crippen LogP contribution in [0.3, 0.4) is 0 Å². The number of thiophene rings is 1. The zero-order valence-corrected chi connectivity index (χ0v) is 18.6. The zero-order chi connectivity index (χ0) is 19.6. The fourth-order valence-electron chi connectivity index (χ4n) is 4.88. The van der Waals surface area contributed by atoms with E-state index in [2.05, 4.69) is 30.7 Å². The number of likely N-dealkylation sites (tertiary alicyclic amines) is 2. The molecule has 3 fully saturated rings. The lowest BCUT2D eigenvalue weighted by molar-refractivity contribution is 0.122. The van der Waals surface area contributed by atoms with Gasteiger partial charge in [0.25, 0.3) is 0 Å². The monoisotopic (exact) mass is 435 g/mol. The Kier molecular flexibility index (Phi) is 6.20. The second-order valence-electron chi connectivity index (χ2n) is 8.57. The number of morpholine rings is 1. The quantitative estimate of drug-likeness (QED) is 0.670. The molecular formula is C21H30ClN5OS. The highest BCUT2D eigenvalue weighted by atomic mass is 35.5. The maximum absolute atomic E-state index is 6.24. The molecule has 0 N–H and O–H groups in total. The number of hydrogen-bond donors (Lipinski definition) is 0. The molecule has 2 aromatic rings. The van der Waals surface area contributed by atoms with E-state index in [1.165, 1.54) is 63.3 Å². The topological polar surface area (TPSA) is 44.7 Å². The Bertz CT molecular complexity index is 826. The number of aromatic nitrogens is 2. The van der Waals surface area contributed by atoms with Crippen molar-refractivity contribution in [3.05, 3.63) is 16.2 Å². The summed E-state index contributed by atoms with van der Waals surface area (Å²) in [5, 5.41) is 0.339. The minimum absolute atomic E-state index is 0.339. The summed E-state index contributed by atoms with van der Waals surface area (Å²) < 4.78 is 6.66. The van der Waals surface area contributed by atoms with Gasteiger partial charge in [-0.2, -0.15) is 4.98 Å². The van der Waals surface area contributed by atoms with Crippen molar-refractivity contribution in [2.75, 3.05) is 63.9 Å². The summed E-state index contributed by atoms with van der Waals surface area (Å²) >= 11 is 8.07. The minimum atomic E-state index is 0.339. The Balaban J connectivity index is 1.24. The molecule has 3 aliphatic rings. The van der Waals surface area contributed by atoms with Crippen LogP contribution in [-0.4, -0.2) is 78.8 Å². The molecule has 5 rings (SSSR count). The van der Waals surface area contributed by atoms with Crippen LogP contribution in [0.25, 0.3) is 10.2 Å². The van der Waals surface area contributed by atoms with E-state index < -0.39 is 0 Å². The van der Waals surface area contributed by atoms with Crippen molar-refractivity contribution in [3.8, 4) is 0 Å². The zero-order valence-electron chi connectivity index (χ0n) is 17.0. The molecule has 8 heteroatoms. The highest BCUT2D eigenvalue weighted by molar-refractivity contribution is 7.19. The summed E-state index contributed by atoms with van der Waals surface area (Å²) in [6, 6.07) is 2.22. The van der Waals surface area contributed by atoms with E-state index in [0.29, 0.717) is 5.28 Å². The first-order chi connectivity index (χ1) is 14.2. The Morgan fingerprint density at radius 1 is 1.00 bits per heavy atom. The first kappa shape index (κ1) is 19.9. The van der Waals surface area contributed by atoms with E-state index in [0.717, 1.165) is 54.8 Å². The van der Waals surface area contributed by atoms with E-state index in [4.69, 9.17) is 16.3 Å². The normalized spacial score (nSPS) is 22.7. The third-order valence-corrected chi connectivity index (χ3v) is 7.76. The SMILES string of the molecule is Clc1nc(N2CCOCC2)c2sc(CN3CCC(CN4CCCC4)CC3)cc2n1. The molecule has 6 nitrogen and oxygen atoms in total. The fraction of sp³-hybridized carbons (Fsp3) is 0.714. The van der Waals surface area contributed by atoms with E-state index in [-0.39, 0.29) is 0 Å². The van der Waals surface area contributed by atoms with E-state index >= 15 is 0 Å². The predicted molar refractivity (Wildman–Crippen MR) is 119 cm³/mol. The van der Waals surface area contributed by atoms with Gasteiger partial charge >= 0.3 is 0 Å². The van der Waals surface area contributed by atoms with E-state index in [1.54, 1.807) is 0 Å². The van der Waals surface area contributed by atoms with Crippen molar-refractivity contribution in [3.63, 3.8) is 0 Å². The summed E-state index contributed by atoms with van der Waals surface area (Å²) in [6.07, 6.45) is 5.44. The molecule has 0 saturated carbocycles. The summed E-state index contributed by atoms with van der Waals surface area (Å²) in [4.78, 5) is 18.0. The summed E-state index contributed by atoms with van der Waals surface area (Å²) in [5.74, 6) is 1.85. The molecule has 2 aromatic heterocycles. The third-order valence-electron chi connectivity index (χ3n) is 6.49. The van der Waals surface area contributed by atoms with Gasteiger partial charge in [0.2, 0.25) is 5.28 Å². The van der Waals surface area contributed by atoms with Gasteiger partial charge in [-0.3, -0.25) is 4.90 Å². The molecule has 3 saturated heterocycles. The van der Waals surface area contributed by atoms with Gasteiger partial charge in [0.15, 0.2) is 5.82 Å². The Morgan fingerprint density at radius 2 is 1.76 bits per heavy atom. The standard InChI is InChI=1S/C21H30ClN5OS/c22-21-23-18-13-17(29-19(18)20(24-21)27-9-11-28-12-10-27)15-26-7-3-16(4-8-26)14-25-5-1-2-6-25/h13,16H,1-12,14-15H2. The summed E-state index contributed by atoms with van der Waals surface area (Å²) in [7, 11) is 0. The molecule has 0 atom stereocenters. The molecule has 158 valence electrons. The van der Waals surface area contributed by atoms with Gasteiger partial charge in [-0.1, -0.05) is 0 Å². The first-order valence-electron chi connectivity index (χ1n) is 11.0. The van der Waals surface area contributed by atoms with Gasteiger partial charge in [-0.05, 0) is 75.4 Å². The first-order valence-corrected chi connectivity index (χ1v) is 12.2. The smallest absolute Gasteiger partial charge is 0.224 e.